The van der Waals surface area contributed by atoms with Crippen LogP contribution in [0.25, 0.3) is 11.2 Å². The van der Waals surface area contributed by atoms with Crippen molar-refractivity contribution in [2.45, 2.75) is 31.8 Å². The van der Waals surface area contributed by atoms with Gasteiger partial charge in [0, 0.05) is 18.2 Å². The summed E-state index contributed by atoms with van der Waals surface area (Å²) < 4.78 is 24.5. The summed E-state index contributed by atoms with van der Waals surface area (Å²) in [6, 6.07) is 0. The van der Waals surface area contributed by atoms with Crippen LogP contribution in [0, 0.1) is 0 Å². The molecule has 25 heavy (non-hydrogen) atoms. The number of H-pyrrole nitrogens is 1. The van der Waals surface area contributed by atoms with Crippen molar-refractivity contribution < 1.29 is 18.3 Å². The van der Waals surface area contributed by atoms with E-state index in [9.17, 15) is 4.79 Å². The van der Waals surface area contributed by atoms with Crippen LogP contribution in [-0.2, 0) is 30.1 Å². The molecule has 3 N–H and O–H groups in total. The van der Waals surface area contributed by atoms with Crippen LogP contribution in [-0.4, -0.2) is 38.3 Å². The van der Waals surface area contributed by atoms with Gasteiger partial charge in [0.15, 0.2) is 11.2 Å². The number of anilines is 1. The summed E-state index contributed by atoms with van der Waals surface area (Å²) >= 11 is 5.34. The fourth-order valence-electron chi connectivity index (χ4n) is 2.89. The number of aromatic amines is 1. The zero-order valence-corrected chi connectivity index (χ0v) is 15.0. The number of allylic oxidation sites excluding steroid dienone is 1. The van der Waals surface area contributed by atoms with Crippen molar-refractivity contribution in [2.24, 2.45) is 0 Å². The standard InChI is InChI=1S/C13H16N5O5PS/c1-6(2)22-24(25)20-4-8-7(23-24)3-9(21-8)18-5-15-10-11(18)16-13(14)17-12(10)19/h5,7-9H,1,3-4H2,2H3,(H3,14,16,17,19). The normalized spacial score (nSPS) is 31.8. The molecule has 134 valence electrons. The van der Waals surface area contributed by atoms with Crippen molar-refractivity contribution in [3.8, 4) is 0 Å². The van der Waals surface area contributed by atoms with Gasteiger partial charge in [-0.2, -0.15) is 4.98 Å². The molecular formula is C13H16N5O5PS. The molecular weight excluding hydrogens is 369 g/mol. The summed E-state index contributed by atoms with van der Waals surface area (Å²) in [6.45, 7) is 2.75. The van der Waals surface area contributed by atoms with Gasteiger partial charge >= 0.3 is 6.72 Å². The van der Waals surface area contributed by atoms with Crippen LogP contribution in [0.15, 0.2) is 23.5 Å². The molecule has 4 atom stereocenters. The lowest BCUT2D eigenvalue weighted by Crippen LogP contribution is -2.33. The van der Waals surface area contributed by atoms with Crippen LogP contribution in [0.5, 0.6) is 0 Å². The molecule has 2 fully saturated rings. The Bertz CT molecular complexity index is 958. The third kappa shape index (κ3) is 2.98. The number of hydrogen-bond donors (Lipinski definition) is 2. The number of fused-ring (bicyclic) bond motifs is 2. The zero-order valence-electron chi connectivity index (χ0n) is 13.2. The van der Waals surface area contributed by atoms with Gasteiger partial charge in [-0.3, -0.25) is 23.4 Å². The van der Waals surface area contributed by atoms with Crippen molar-refractivity contribution >= 4 is 35.6 Å². The number of hydrogen-bond acceptors (Lipinski definition) is 9. The molecule has 2 aromatic heterocycles. The maximum absolute atomic E-state index is 11.9. The van der Waals surface area contributed by atoms with Gasteiger partial charge < -0.3 is 15.0 Å². The molecule has 4 rings (SSSR count). The van der Waals surface area contributed by atoms with Crippen LogP contribution >= 0.6 is 6.72 Å². The molecule has 0 spiro atoms. The first kappa shape index (κ1) is 16.7. The molecule has 0 amide bonds. The third-order valence-corrected chi connectivity index (χ3v) is 6.20. The SMILES string of the molecule is C=C(C)OP1(=S)OCC2OC(n3cnc4c(=O)[nH]c(N)nc43)CC2O1. The maximum atomic E-state index is 11.9. The van der Waals surface area contributed by atoms with Gasteiger partial charge in [0.05, 0.1) is 18.7 Å². The van der Waals surface area contributed by atoms with Crippen molar-refractivity contribution in [1.82, 2.24) is 19.5 Å². The van der Waals surface area contributed by atoms with E-state index < -0.39 is 18.5 Å². The van der Waals surface area contributed by atoms with Gasteiger partial charge in [0.1, 0.15) is 18.4 Å². The van der Waals surface area contributed by atoms with Crippen molar-refractivity contribution in [2.75, 3.05) is 12.3 Å². The second-order valence-corrected chi connectivity index (χ2v) is 8.71. The van der Waals surface area contributed by atoms with Crippen LogP contribution in [0.1, 0.15) is 19.6 Å². The molecule has 2 aromatic rings. The van der Waals surface area contributed by atoms with E-state index in [-0.39, 0.29) is 30.3 Å². The first-order chi connectivity index (χ1) is 11.8. The summed E-state index contributed by atoms with van der Waals surface area (Å²) in [4.78, 5) is 22.5. The topological polar surface area (TPSA) is 127 Å². The smallest absolute Gasteiger partial charge is 0.380 e. The monoisotopic (exact) mass is 385 g/mol. The lowest BCUT2D eigenvalue weighted by Gasteiger charge is -2.32. The molecule has 0 saturated carbocycles. The number of aromatic nitrogens is 4. The predicted octanol–water partition coefficient (Wildman–Crippen LogP) is 1.18. The van der Waals surface area contributed by atoms with E-state index in [2.05, 4.69) is 21.5 Å². The molecule has 2 aliphatic heterocycles. The molecule has 0 aliphatic carbocycles. The highest BCUT2D eigenvalue weighted by Crippen LogP contribution is 2.58. The van der Waals surface area contributed by atoms with Gasteiger partial charge in [0.2, 0.25) is 5.95 Å². The van der Waals surface area contributed by atoms with Gasteiger partial charge in [-0.25, -0.2) is 4.98 Å². The van der Waals surface area contributed by atoms with Crippen LogP contribution in [0.4, 0.5) is 5.95 Å². The van der Waals surface area contributed by atoms with E-state index in [1.54, 1.807) is 11.5 Å². The number of nitrogens with one attached hydrogen (secondary N) is 1. The second kappa shape index (κ2) is 5.89. The van der Waals surface area contributed by atoms with Crippen molar-refractivity contribution in [3.63, 3.8) is 0 Å². The predicted molar refractivity (Wildman–Crippen MR) is 92.1 cm³/mol. The molecule has 12 heteroatoms. The lowest BCUT2D eigenvalue weighted by atomic mass is 10.2. The quantitative estimate of drug-likeness (QED) is 0.591. The fraction of sp³-hybridized carbons (Fsp3) is 0.462. The Morgan fingerprint density at radius 2 is 2.40 bits per heavy atom. The first-order valence-electron chi connectivity index (χ1n) is 7.50. The second-order valence-electron chi connectivity index (χ2n) is 5.82. The average molecular weight is 385 g/mol. The number of ether oxygens (including phenoxy) is 1. The summed E-state index contributed by atoms with van der Waals surface area (Å²) in [6.07, 6.45) is 0.970. The fourth-order valence-corrected chi connectivity index (χ4v) is 5.20. The minimum absolute atomic E-state index is 0.0135. The Balaban J connectivity index is 1.60. The molecule has 4 heterocycles. The molecule has 2 aliphatic rings. The zero-order chi connectivity index (χ0) is 17.8. The maximum Gasteiger partial charge on any atom is 0.380 e. The Labute approximate surface area is 147 Å². The highest BCUT2D eigenvalue weighted by atomic mass is 32.5. The van der Waals surface area contributed by atoms with Crippen molar-refractivity contribution in [3.05, 3.63) is 29.0 Å². The van der Waals surface area contributed by atoms with E-state index in [1.807, 2.05) is 0 Å². The molecule has 10 nitrogen and oxygen atoms in total. The molecule has 0 radical (unpaired) electrons. The Kier molecular flexibility index (Phi) is 3.93. The lowest BCUT2D eigenvalue weighted by molar-refractivity contribution is -0.0589. The van der Waals surface area contributed by atoms with Gasteiger partial charge in [0.25, 0.3) is 5.56 Å². The highest BCUT2D eigenvalue weighted by Gasteiger charge is 2.46. The van der Waals surface area contributed by atoms with Crippen LogP contribution in [0.2, 0.25) is 0 Å². The van der Waals surface area contributed by atoms with E-state index >= 15 is 0 Å². The van der Waals surface area contributed by atoms with Crippen LogP contribution in [0.3, 0.4) is 0 Å². The minimum Gasteiger partial charge on any atom is -0.430 e. The van der Waals surface area contributed by atoms with E-state index in [1.165, 1.54) is 6.33 Å². The number of nitrogens with two attached hydrogens (primary N) is 1. The van der Waals surface area contributed by atoms with Crippen LogP contribution < -0.4 is 11.3 Å². The van der Waals surface area contributed by atoms with Gasteiger partial charge in [-0.05, 0) is 6.92 Å². The number of rotatable bonds is 3. The Hall–Kier alpha value is -1.78. The minimum atomic E-state index is -2.87. The van der Waals surface area contributed by atoms with Gasteiger partial charge in [-0.15, -0.1) is 0 Å². The Morgan fingerprint density at radius 1 is 1.60 bits per heavy atom. The Morgan fingerprint density at radius 3 is 3.16 bits per heavy atom. The van der Waals surface area contributed by atoms with Gasteiger partial charge in [-0.1, -0.05) is 6.58 Å². The number of imidazole rings is 1. The average Bonchev–Trinajstić information content (AvgIpc) is 3.08. The molecule has 4 unspecified atom stereocenters. The number of nitrogen functional groups attached to an aromatic ring is 1. The molecule has 0 bridgehead atoms. The largest absolute Gasteiger partial charge is 0.430 e. The summed E-state index contributed by atoms with van der Waals surface area (Å²) in [5.74, 6) is 0.455. The number of nitrogens with zero attached hydrogens (tertiary/aromatic N) is 3. The van der Waals surface area contributed by atoms with E-state index in [0.717, 1.165) is 0 Å². The van der Waals surface area contributed by atoms with E-state index in [0.29, 0.717) is 17.8 Å². The summed E-state index contributed by atoms with van der Waals surface area (Å²) in [5.41, 5.74) is 5.77. The molecule has 0 aromatic carbocycles. The van der Waals surface area contributed by atoms with E-state index in [4.69, 9.17) is 35.8 Å². The third-order valence-electron chi connectivity index (χ3n) is 3.87. The first-order valence-corrected chi connectivity index (χ1v) is 10.1. The summed E-state index contributed by atoms with van der Waals surface area (Å²) in [7, 11) is 0. The summed E-state index contributed by atoms with van der Waals surface area (Å²) in [5, 5.41) is 0. The van der Waals surface area contributed by atoms with Crippen molar-refractivity contribution in [1.29, 1.82) is 0 Å². The molecule has 2 saturated heterocycles. The highest BCUT2D eigenvalue weighted by molar-refractivity contribution is 8.07.